The fraction of sp³-hybridized carbons (Fsp3) is 0.273. The molecule has 0 aromatic heterocycles. The molecule has 0 unspecified atom stereocenters. The van der Waals surface area contributed by atoms with Crippen LogP contribution in [-0.2, 0) is 0 Å². The van der Waals surface area contributed by atoms with Crippen LogP contribution in [0.1, 0.15) is 12.5 Å². The van der Waals surface area contributed by atoms with Gasteiger partial charge in [0.2, 0.25) is 0 Å². The van der Waals surface area contributed by atoms with E-state index in [1.807, 2.05) is 13.0 Å². The molecule has 3 heteroatoms. The zero-order chi connectivity index (χ0) is 10.4. The van der Waals surface area contributed by atoms with Crippen molar-refractivity contribution in [3.8, 4) is 11.8 Å². The van der Waals surface area contributed by atoms with Gasteiger partial charge in [-0.15, -0.1) is 0 Å². The SMILES string of the molecule is CCNCC#Cc1ccc(Cl)cc1Cl. The van der Waals surface area contributed by atoms with Gasteiger partial charge in [0, 0.05) is 10.6 Å². The summed E-state index contributed by atoms with van der Waals surface area (Å²) >= 11 is 11.7. The molecule has 0 fully saturated rings. The number of nitrogens with one attached hydrogen (secondary N) is 1. The largest absolute Gasteiger partial charge is 0.306 e. The van der Waals surface area contributed by atoms with Crippen molar-refractivity contribution in [2.75, 3.05) is 13.1 Å². The number of benzene rings is 1. The van der Waals surface area contributed by atoms with Crippen LogP contribution in [0.25, 0.3) is 0 Å². The standard InChI is InChI=1S/C11H11Cl2N/c1-2-14-7-3-4-9-5-6-10(12)8-11(9)13/h5-6,8,14H,2,7H2,1H3. The molecular formula is C11H11Cl2N. The highest BCUT2D eigenvalue weighted by molar-refractivity contribution is 6.35. The highest BCUT2D eigenvalue weighted by Crippen LogP contribution is 2.19. The third-order valence-corrected chi connectivity index (χ3v) is 2.17. The maximum Gasteiger partial charge on any atom is 0.0580 e. The maximum atomic E-state index is 5.93. The van der Waals surface area contributed by atoms with E-state index in [0.717, 1.165) is 12.1 Å². The summed E-state index contributed by atoms with van der Waals surface area (Å²) in [5.41, 5.74) is 0.814. The molecule has 1 N–H and O–H groups in total. The van der Waals surface area contributed by atoms with Crippen LogP contribution < -0.4 is 5.32 Å². The van der Waals surface area contributed by atoms with E-state index in [4.69, 9.17) is 23.2 Å². The van der Waals surface area contributed by atoms with Crippen LogP contribution in [0, 0.1) is 11.8 Å². The van der Waals surface area contributed by atoms with Crippen LogP contribution in [-0.4, -0.2) is 13.1 Å². The van der Waals surface area contributed by atoms with E-state index in [1.165, 1.54) is 0 Å². The summed E-state index contributed by atoms with van der Waals surface area (Å²) in [6, 6.07) is 5.30. The molecule has 0 aliphatic heterocycles. The van der Waals surface area contributed by atoms with Gasteiger partial charge in [0.05, 0.1) is 11.6 Å². The fourth-order valence-electron chi connectivity index (χ4n) is 0.918. The van der Waals surface area contributed by atoms with Gasteiger partial charge in [-0.05, 0) is 24.7 Å². The fourth-order valence-corrected chi connectivity index (χ4v) is 1.37. The van der Waals surface area contributed by atoms with Crippen molar-refractivity contribution in [2.45, 2.75) is 6.92 Å². The van der Waals surface area contributed by atoms with Gasteiger partial charge in [0.15, 0.2) is 0 Å². The zero-order valence-electron chi connectivity index (χ0n) is 7.90. The summed E-state index contributed by atoms with van der Waals surface area (Å²) in [7, 11) is 0. The van der Waals surface area contributed by atoms with Crippen molar-refractivity contribution in [1.29, 1.82) is 0 Å². The average Bonchev–Trinajstić information content (AvgIpc) is 2.15. The second-order valence-electron chi connectivity index (χ2n) is 2.71. The number of hydrogen-bond donors (Lipinski definition) is 1. The Labute approximate surface area is 94.4 Å². The lowest BCUT2D eigenvalue weighted by molar-refractivity contribution is 0.811. The van der Waals surface area contributed by atoms with Crippen LogP contribution in [0.3, 0.4) is 0 Å². The lowest BCUT2D eigenvalue weighted by Crippen LogP contribution is -2.11. The molecule has 0 aliphatic rings. The van der Waals surface area contributed by atoms with Crippen molar-refractivity contribution in [3.63, 3.8) is 0 Å². The van der Waals surface area contributed by atoms with Crippen LogP contribution in [0.4, 0.5) is 0 Å². The molecule has 1 rings (SSSR count). The first-order valence-corrected chi connectivity index (χ1v) is 5.14. The Hall–Kier alpha value is -0.680. The summed E-state index contributed by atoms with van der Waals surface area (Å²) in [4.78, 5) is 0. The second kappa shape index (κ2) is 5.93. The molecule has 1 aromatic rings. The molecule has 0 atom stereocenters. The van der Waals surface area contributed by atoms with Crippen molar-refractivity contribution in [2.24, 2.45) is 0 Å². The van der Waals surface area contributed by atoms with Gasteiger partial charge in [-0.1, -0.05) is 42.0 Å². The van der Waals surface area contributed by atoms with Crippen LogP contribution in [0.5, 0.6) is 0 Å². The van der Waals surface area contributed by atoms with Gasteiger partial charge in [-0.2, -0.15) is 0 Å². The van der Waals surface area contributed by atoms with E-state index in [-0.39, 0.29) is 0 Å². The van der Waals surface area contributed by atoms with Crippen LogP contribution >= 0.6 is 23.2 Å². The predicted molar refractivity (Wildman–Crippen MR) is 61.9 cm³/mol. The van der Waals surface area contributed by atoms with Gasteiger partial charge in [0.1, 0.15) is 0 Å². The van der Waals surface area contributed by atoms with Crippen molar-refractivity contribution < 1.29 is 0 Å². The summed E-state index contributed by atoms with van der Waals surface area (Å²) < 4.78 is 0. The van der Waals surface area contributed by atoms with Gasteiger partial charge < -0.3 is 5.32 Å². The summed E-state index contributed by atoms with van der Waals surface area (Å²) in [5, 5.41) is 4.34. The first kappa shape index (κ1) is 11.4. The summed E-state index contributed by atoms with van der Waals surface area (Å²) in [6.07, 6.45) is 0. The van der Waals surface area contributed by atoms with E-state index < -0.39 is 0 Å². The van der Waals surface area contributed by atoms with Gasteiger partial charge in [-0.25, -0.2) is 0 Å². The van der Waals surface area contributed by atoms with E-state index in [9.17, 15) is 0 Å². The normalized spacial score (nSPS) is 9.36. The van der Waals surface area contributed by atoms with Gasteiger partial charge in [-0.3, -0.25) is 0 Å². The topological polar surface area (TPSA) is 12.0 Å². The zero-order valence-corrected chi connectivity index (χ0v) is 9.41. The summed E-state index contributed by atoms with van der Waals surface area (Å²) in [6.45, 7) is 3.63. The molecule has 0 spiro atoms. The van der Waals surface area contributed by atoms with Crippen LogP contribution in [0.15, 0.2) is 18.2 Å². The maximum absolute atomic E-state index is 5.93. The second-order valence-corrected chi connectivity index (χ2v) is 3.55. The van der Waals surface area contributed by atoms with Crippen molar-refractivity contribution in [1.82, 2.24) is 5.32 Å². The van der Waals surface area contributed by atoms with Crippen LogP contribution in [0.2, 0.25) is 10.0 Å². The molecule has 0 aliphatic carbocycles. The Kier molecular flexibility index (Phi) is 4.82. The monoisotopic (exact) mass is 227 g/mol. The predicted octanol–water partition coefficient (Wildman–Crippen LogP) is 2.95. The molecule has 0 bridgehead atoms. The number of hydrogen-bond acceptors (Lipinski definition) is 1. The Bertz CT molecular complexity index is 363. The molecular weight excluding hydrogens is 217 g/mol. The molecule has 1 nitrogen and oxygen atoms in total. The Balaban J connectivity index is 2.70. The third kappa shape index (κ3) is 3.59. The molecule has 14 heavy (non-hydrogen) atoms. The highest BCUT2D eigenvalue weighted by atomic mass is 35.5. The van der Waals surface area contributed by atoms with Gasteiger partial charge in [0.25, 0.3) is 0 Å². The number of halogens is 2. The lowest BCUT2D eigenvalue weighted by Gasteiger charge is -1.95. The van der Waals surface area contributed by atoms with Gasteiger partial charge >= 0.3 is 0 Å². The Morgan fingerprint density at radius 1 is 1.36 bits per heavy atom. The van der Waals surface area contributed by atoms with E-state index in [2.05, 4.69) is 17.2 Å². The Morgan fingerprint density at radius 3 is 2.79 bits per heavy atom. The van der Waals surface area contributed by atoms with E-state index in [0.29, 0.717) is 16.6 Å². The molecule has 0 radical (unpaired) electrons. The quantitative estimate of drug-likeness (QED) is 0.606. The lowest BCUT2D eigenvalue weighted by atomic mass is 10.2. The summed E-state index contributed by atoms with van der Waals surface area (Å²) in [5.74, 6) is 5.95. The highest BCUT2D eigenvalue weighted by Gasteiger charge is 1.96. The molecule has 0 amide bonds. The van der Waals surface area contributed by atoms with E-state index in [1.54, 1.807) is 12.1 Å². The molecule has 74 valence electrons. The first-order valence-electron chi connectivity index (χ1n) is 4.38. The van der Waals surface area contributed by atoms with E-state index >= 15 is 0 Å². The minimum atomic E-state index is 0.599. The first-order chi connectivity index (χ1) is 6.74. The molecule has 0 heterocycles. The molecule has 0 saturated carbocycles. The van der Waals surface area contributed by atoms with Crippen molar-refractivity contribution in [3.05, 3.63) is 33.8 Å². The minimum absolute atomic E-state index is 0.599. The smallest absolute Gasteiger partial charge is 0.0580 e. The average molecular weight is 228 g/mol. The number of rotatable bonds is 2. The third-order valence-electron chi connectivity index (χ3n) is 1.62. The van der Waals surface area contributed by atoms with Crippen molar-refractivity contribution >= 4 is 23.2 Å². The Morgan fingerprint density at radius 2 is 2.14 bits per heavy atom. The molecule has 1 aromatic carbocycles. The molecule has 0 saturated heterocycles. The minimum Gasteiger partial charge on any atom is -0.306 e.